The summed E-state index contributed by atoms with van der Waals surface area (Å²) in [5.41, 5.74) is 15.4. The maximum Gasteiger partial charge on any atom is 0.221 e. The molecular weight excluding hydrogens is 274 g/mol. The maximum absolute atomic E-state index is 11.1. The fourth-order valence-electron chi connectivity index (χ4n) is 2.81. The van der Waals surface area contributed by atoms with E-state index >= 15 is 0 Å². The second-order valence-corrected chi connectivity index (χ2v) is 5.39. The third-order valence-electron chi connectivity index (χ3n) is 3.78. The summed E-state index contributed by atoms with van der Waals surface area (Å²) < 4.78 is 2.16. The van der Waals surface area contributed by atoms with Gasteiger partial charge in [0.15, 0.2) is 0 Å². The maximum atomic E-state index is 11.1. The van der Waals surface area contributed by atoms with Crippen molar-refractivity contribution in [3.05, 3.63) is 65.9 Å². The Morgan fingerprint density at radius 1 is 1.09 bits per heavy atom. The van der Waals surface area contributed by atoms with Crippen LogP contribution in [0.4, 0.5) is 0 Å². The molecule has 0 aliphatic carbocycles. The van der Waals surface area contributed by atoms with Crippen LogP contribution in [-0.4, -0.2) is 17.0 Å². The molecule has 0 radical (unpaired) electrons. The summed E-state index contributed by atoms with van der Waals surface area (Å²) in [6.07, 6.45) is 3.19. The number of primary amides is 1. The summed E-state index contributed by atoms with van der Waals surface area (Å²) in [4.78, 5) is 11.1. The number of nitrogens with two attached hydrogens (primary N) is 2. The Bertz CT molecular complexity index is 806. The van der Waals surface area contributed by atoms with Crippen molar-refractivity contribution in [2.24, 2.45) is 11.5 Å². The highest BCUT2D eigenvalue weighted by atomic mass is 16.1. The highest BCUT2D eigenvalue weighted by Gasteiger charge is 2.11. The fraction of sp³-hybridized carbons (Fsp3) is 0.167. The van der Waals surface area contributed by atoms with Crippen LogP contribution in [0.1, 0.15) is 11.1 Å². The monoisotopic (exact) mass is 293 g/mol. The largest absolute Gasteiger partial charge is 0.369 e. The zero-order chi connectivity index (χ0) is 15.5. The van der Waals surface area contributed by atoms with Crippen LogP contribution in [0.3, 0.4) is 0 Å². The van der Waals surface area contributed by atoms with Gasteiger partial charge in [-0.15, -0.1) is 0 Å². The molecule has 0 saturated carbocycles. The van der Waals surface area contributed by atoms with Crippen molar-refractivity contribution in [3.63, 3.8) is 0 Å². The lowest BCUT2D eigenvalue weighted by molar-refractivity contribution is -0.117. The van der Waals surface area contributed by atoms with E-state index in [1.165, 1.54) is 5.56 Å². The Kier molecular flexibility index (Phi) is 3.94. The summed E-state index contributed by atoms with van der Waals surface area (Å²) in [5.74, 6) is -0.317. The molecule has 0 unspecified atom stereocenters. The van der Waals surface area contributed by atoms with Gasteiger partial charge in [0.05, 0.1) is 11.9 Å². The van der Waals surface area contributed by atoms with Gasteiger partial charge in [-0.1, -0.05) is 24.3 Å². The number of fused-ring (bicyclic) bond motifs is 1. The number of aromatic nitrogens is 1. The van der Waals surface area contributed by atoms with E-state index in [0.717, 1.165) is 28.6 Å². The van der Waals surface area contributed by atoms with Crippen LogP contribution in [0, 0.1) is 0 Å². The third-order valence-corrected chi connectivity index (χ3v) is 3.78. The molecule has 0 aliphatic rings. The standard InChI is InChI=1S/C18H19N3O/c19-9-8-14-12-21(15-4-2-1-3-5-15)17-7-6-13(10-16(14)17)11-18(20)22/h1-7,10,12H,8-9,11,19H2,(H2,20,22). The highest BCUT2D eigenvalue weighted by Crippen LogP contribution is 2.26. The molecule has 0 spiro atoms. The third kappa shape index (κ3) is 2.73. The predicted octanol–water partition coefficient (Wildman–Crippen LogP) is 2.16. The van der Waals surface area contributed by atoms with Crippen LogP contribution >= 0.6 is 0 Å². The fourth-order valence-corrected chi connectivity index (χ4v) is 2.81. The molecule has 0 aliphatic heterocycles. The number of benzene rings is 2. The van der Waals surface area contributed by atoms with Crippen molar-refractivity contribution in [2.75, 3.05) is 6.54 Å². The molecule has 4 nitrogen and oxygen atoms in total. The van der Waals surface area contributed by atoms with Gasteiger partial charge >= 0.3 is 0 Å². The lowest BCUT2D eigenvalue weighted by atomic mass is 10.1. The molecule has 3 aromatic rings. The Morgan fingerprint density at radius 2 is 1.86 bits per heavy atom. The molecule has 1 aromatic heterocycles. The zero-order valence-electron chi connectivity index (χ0n) is 12.3. The summed E-state index contributed by atoms with van der Waals surface area (Å²) in [6, 6.07) is 16.2. The molecular formula is C18H19N3O. The van der Waals surface area contributed by atoms with Crippen LogP contribution in [0.15, 0.2) is 54.7 Å². The second kappa shape index (κ2) is 6.03. The Balaban J connectivity index is 2.16. The number of carbonyl (C=O) groups excluding carboxylic acids is 1. The lowest BCUT2D eigenvalue weighted by Gasteiger charge is -2.05. The van der Waals surface area contributed by atoms with Crippen molar-refractivity contribution in [3.8, 4) is 5.69 Å². The number of hydrogen-bond acceptors (Lipinski definition) is 2. The van der Waals surface area contributed by atoms with Gasteiger partial charge in [-0.3, -0.25) is 4.79 Å². The van der Waals surface area contributed by atoms with Crippen molar-refractivity contribution in [1.29, 1.82) is 0 Å². The lowest BCUT2D eigenvalue weighted by Crippen LogP contribution is -2.13. The first-order valence-corrected chi connectivity index (χ1v) is 7.35. The molecule has 3 rings (SSSR count). The van der Waals surface area contributed by atoms with E-state index in [-0.39, 0.29) is 12.3 Å². The van der Waals surface area contributed by atoms with Gasteiger partial charge in [0.2, 0.25) is 5.91 Å². The molecule has 0 saturated heterocycles. The Labute approximate surface area is 129 Å². The predicted molar refractivity (Wildman–Crippen MR) is 88.9 cm³/mol. The van der Waals surface area contributed by atoms with E-state index in [9.17, 15) is 4.79 Å². The minimum absolute atomic E-state index is 0.258. The molecule has 4 N–H and O–H groups in total. The van der Waals surface area contributed by atoms with Gasteiger partial charge in [-0.2, -0.15) is 0 Å². The van der Waals surface area contributed by atoms with E-state index in [2.05, 4.69) is 22.9 Å². The molecule has 0 bridgehead atoms. The quantitative estimate of drug-likeness (QED) is 0.756. The molecule has 0 fully saturated rings. The molecule has 112 valence electrons. The first-order valence-electron chi connectivity index (χ1n) is 7.35. The molecule has 4 heteroatoms. The zero-order valence-corrected chi connectivity index (χ0v) is 12.3. The molecule has 1 amide bonds. The average Bonchev–Trinajstić information content (AvgIpc) is 2.86. The number of para-hydroxylation sites is 1. The number of carbonyl (C=O) groups is 1. The van der Waals surface area contributed by atoms with Crippen LogP contribution < -0.4 is 11.5 Å². The van der Waals surface area contributed by atoms with Crippen LogP contribution in [0.2, 0.25) is 0 Å². The highest BCUT2D eigenvalue weighted by molar-refractivity contribution is 5.87. The van der Waals surface area contributed by atoms with E-state index in [4.69, 9.17) is 11.5 Å². The van der Waals surface area contributed by atoms with Crippen LogP contribution in [-0.2, 0) is 17.6 Å². The number of amides is 1. The minimum Gasteiger partial charge on any atom is -0.369 e. The number of hydrogen-bond donors (Lipinski definition) is 2. The molecule has 2 aromatic carbocycles. The normalized spacial score (nSPS) is 11.0. The van der Waals surface area contributed by atoms with Crippen LogP contribution in [0.5, 0.6) is 0 Å². The number of nitrogens with zero attached hydrogens (tertiary/aromatic N) is 1. The van der Waals surface area contributed by atoms with E-state index in [0.29, 0.717) is 6.54 Å². The summed E-state index contributed by atoms with van der Waals surface area (Å²) >= 11 is 0. The van der Waals surface area contributed by atoms with Gasteiger partial charge in [0, 0.05) is 17.3 Å². The molecule has 1 heterocycles. The summed E-state index contributed by atoms with van der Waals surface area (Å²) in [7, 11) is 0. The summed E-state index contributed by atoms with van der Waals surface area (Å²) in [6.45, 7) is 0.591. The van der Waals surface area contributed by atoms with Crippen molar-refractivity contribution in [1.82, 2.24) is 4.57 Å². The average molecular weight is 293 g/mol. The Morgan fingerprint density at radius 3 is 2.55 bits per heavy atom. The van der Waals surface area contributed by atoms with Gasteiger partial charge in [-0.05, 0) is 48.4 Å². The SMILES string of the molecule is NCCc1cn(-c2ccccc2)c2ccc(CC(N)=O)cc12. The van der Waals surface area contributed by atoms with Crippen LogP contribution in [0.25, 0.3) is 16.6 Å². The van der Waals surface area contributed by atoms with Crippen molar-refractivity contribution in [2.45, 2.75) is 12.8 Å². The summed E-state index contributed by atoms with van der Waals surface area (Å²) in [5, 5.41) is 1.13. The van der Waals surface area contributed by atoms with E-state index < -0.39 is 0 Å². The molecule has 22 heavy (non-hydrogen) atoms. The molecule has 0 atom stereocenters. The first kappa shape index (κ1) is 14.4. The Hall–Kier alpha value is -2.59. The van der Waals surface area contributed by atoms with E-state index in [1.54, 1.807) is 0 Å². The second-order valence-electron chi connectivity index (χ2n) is 5.39. The van der Waals surface area contributed by atoms with Crippen molar-refractivity contribution < 1.29 is 4.79 Å². The van der Waals surface area contributed by atoms with Gasteiger partial charge in [-0.25, -0.2) is 0 Å². The van der Waals surface area contributed by atoms with Gasteiger partial charge in [0.1, 0.15) is 0 Å². The smallest absolute Gasteiger partial charge is 0.221 e. The first-order chi connectivity index (χ1) is 10.7. The van der Waals surface area contributed by atoms with Gasteiger partial charge < -0.3 is 16.0 Å². The number of rotatable bonds is 5. The van der Waals surface area contributed by atoms with E-state index in [1.807, 2.05) is 36.4 Å². The van der Waals surface area contributed by atoms with Gasteiger partial charge in [0.25, 0.3) is 0 Å². The minimum atomic E-state index is -0.317. The topological polar surface area (TPSA) is 74.0 Å². The van der Waals surface area contributed by atoms with Crippen molar-refractivity contribution >= 4 is 16.8 Å².